The Balaban J connectivity index is 1.79. The van der Waals surface area contributed by atoms with Crippen LogP contribution in [0.2, 0.25) is 0 Å². The maximum atomic E-state index is 12.8. The molecule has 2 N–H and O–H groups in total. The molecule has 24 heavy (non-hydrogen) atoms. The van der Waals surface area contributed by atoms with Crippen LogP contribution >= 0.6 is 0 Å². The van der Waals surface area contributed by atoms with Gasteiger partial charge in [-0.1, -0.05) is 18.2 Å². The van der Waals surface area contributed by atoms with E-state index < -0.39 is 12.4 Å². The number of benzene rings is 1. The van der Waals surface area contributed by atoms with Gasteiger partial charge in [-0.05, 0) is 23.8 Å². The number of aliphatic hydroxyl groups excluding tert-OH is 2. The van der Waals surface area contributed by atoms with Gasteiger partial charge in [0.25, 0.3) is 5.56 Å². The van der Waals surface area contributed by atoms with Gasteiger partial charge in [-0.15, -0.1) is 0 Å². The minimum atomic E-state index is -1.31. The number of fused-ring (bicyclic) bond motifs is 5. The zero-order chi connectivity index (χ0) is 16.4. The minimum absolute atomic E-state index is 0.00156. The Morgan fingerprint density at radius 3 is 2.92 bits per heavy atom. The Hall–Kier alpha value is -2.54. The highest BCUT2D eigenvalue weighted by Gasteiger charge is 2.33. The predicted octanol–water partition coefficient (Wildman–Crippen LogP) is 1.31. The monoisotopic (exact) mass is 322 g/mol. The molecule has 0 amide bonds. The fourth-order valence-electron chi connectivity index (χ4n) is 3.56. The van der Waals surface area contributed by atoms with Crippen LogP contribution < -0.4 is 5.56 Å². The first-order valence-electron chi connectivity index (χ1n) is 7.77. The quantitative estimate of drug-likeness (QED) is 0.510. The Bertz CT molecular complexity index is 1060. The van der Waals surface area contributed by atoms with E-state index in [1.165, 1.54) is 0 Å². The maximum absolute atomic E-state index is 12.8. The molecule has 0 bridgehead atoms. The summed E-state index contributed by atoms with van der Waals surface area (Å²) < 4.78 is 6.73. The summed E-state index contributed by atoms with van der Waals surface area (Å²) in [6, 6.07) is 11.6. The highest BCUT2D eigenvalue weighted by Crippen LogP contribution is 2.35. The number of hydrogen-bond acceptors (Lipinski definition) is 5. The lowest BCUT2D eigenvalue weighted by molar-refractivity contribution is -0.181. The Labute approximate surface area is 136 Å². The Kier molecular flexibility index (Phi) is 2.73. The van der Waals surface area contributed by atoms with E-state index in [4.69, 9.17) is 9.72 Å². The normalized spacial score (nSPS) is 21.4. The zero-order valence-electron chi connectivity index (χ0n) is 12.6. The molecular formula is C18H14N2O4. The third-order valence-electron chi connectivity index (χ3n) is 4.80. The van der Waals surface area contributed by atoms with Gasteiger partial charge in [-0.25, -0.2) is 4.98 Å². The van der Waals surface area contributed by atoms with Gasteiger partial charge >= 0.3 is 0 Å². The fourth-order valence-corrected chi connectivity index (χ4v) is 3.56. The van der Waals surface area contributed by atoms with Crippen molar-refractivity contribution in [2.45, 2.75) is 25.5 Å². The lowest BCUT2D eigenvalue weighted by atomic mass is 10.00. The van der Waals surface area contributed by atoms with Crippen LogP contribution in [-0.2, 0) is 17.9 Å². The average Bonchev–Trinajstić information content (AvgIpc) is 2.95. The summed E-state index contributed by atoms with van der Waals surface area (Å²) in [7, 11) is 0. The molecule has 0 fully saturated rings. The van der Waals surface area contributed by atoms with Gasteiger partial charge in [0.2, 0.25) is 0 Å². The van der Waals surface area contributed by atoms with E-state index in [1.807, 2.05) is 30.3 Å². The van der Waals surface area contributed by atoms with Crippen LogP contribution in [0.5, 0.6) is 0 Å². The van der Waals surface area contributed by atoms with Gasteiger partial charge in [0, 0.05) is 16.5 Å². The van der Waals surface area contributed by atoms with Gasteiger partial charge in [-0.3, -0.25) is 4.79 Å². The largest absolute Gasteiger partial charge is 0.383 e. The zero-order valence-corrected chi connectivity index (χ0v) is 12.6. The lowest BCUT2D eigenvalue weighted by Gasteiger charge is -2.26. The van der Waals surface area contributed by atoms with Crippen molar-refractivity contribution >= 4 is 10.9 Å². The maximum Gasteiger partial charge on any atom is 0.257 e. The second kappa shape index (κ2) is 4.73. The molecule has 2 aromatic heterocycles. The van der Waals surface area contributed by atoms with Crippen molar-refractivity contribution in [2.75, 3.05) is 0 Å². The van der Waals surface area contributed by atoms with Crippen LogP contribution in [-0.4, -0.2) is 26.1 Å². The first kappa shape index (κ1) is 13.9. The van der Waals surface area contributed by atoms with Crippen LogP contribution in [0.4, 0.5) is 0 Å². The molecule has 4 heterocycles. The highest BCUT2D eigenvalue weighted by molar-refractivity contribution is 5.83. The molecule has 1 unspecified atom stereocenters. The second-order valence-electron chi connectivity index (χ2n) is 6.19. The van der Waals surface area contributed by atoms with Crippen LogP contribution in [0.1, 0.15) is 22.8 Å². The van der Waals surface area contributed by atoms with Gasteiger partial charge < -0.3 is 19.5 Å². The van der Waals surface area contributed by atoms with Gasteiger partial charge in [0.15, 0.2) is 6.29 Å². The fraction of sp³-hybridized carbons (Fsp3) is 0.222. The molecule has 2 aliphatic rings. The molecule has 2 aliphatic heterocycles. The van der Waals surface area contributed by atoms with Gasteiger partial charge in [0.1, 0.15) is 6.10 Å². The highest BCUT2D eigenvalue weighted by atomic mass is 16.6. The number of para-hydroxylation sites is 1. The molecule has 0 saturated heterocycles. The van der Waals surface area contributed by atoms with Crippen LogP contribution in [0.25, 0.3) is 22.3 Å². The Morgan fingerprint density at radius 2 is 2.04 bits per heavy atom. The summed E-state index contributed by atoms with van der Waals surface area (Å²) in [6.45, 7) is 0.450. The van der Waals surface area contributed by atoms with E-state index in [0.717, 1.165) is 22.2 Å². The summed E-state index contributed by atoms with van der Waals surface area (Å²) in [4.78, 5) is 17.5. The summed E-state index contributed by atoms with van der Waals surface area (Å²) in [6.07, 6.45) is -2.54. The van der Waals surface area contributed by atoms with Crippen LogP contribution in [0.3, 0.4) is 0 Å². The molecule has 120 valence electrons. The number of ether oxygens (including phenoxy) is 1. The van der Waals surface area contributed by atoms with E-state index >= 15 is 0 Å². The van der Waals surface area contributed by atoms with Gasteiger partial charge in [0.05, 0.1) is 30.1 Å². The molecule has 3 aromatic rings. The number of pyridine rings is 2. The van der Waals surface area contributed by atoms with Crippen LogP contribution in [0, 0.1) is 0 Å². The first-order valence-corrected chi connectivity index (χ1v) is 7.77. The van der Waals surface area contributed by atoms with Gasteiger partial charge in [-0.2, -0.15) is 0 Å². The van der Waals surface area contributed by atoms with Crippen molar-refractivity contribution in [1.29, 1.82) is 0 Å². The Morgan fingerprint density at radius 1 is 1.21 bits per heavy atom. The molecule has 1 aromatic carbocycles. The molecule has 5 rings (SSSR count). The van der Waals surface area contributed by atoms with Crippen molar-refractivity contribution in [2.24, 2.45) is 0 Å². The van der Waals surface area contributed by atoms with E-state index in [-0.39, 0.29) is 12.2 Å². The topological polar surface area (TPSA) is 84.6 Å². The number of rotatable bonds is 0. The lowest BCUT2D eigenvalue weighted by Crippen LogP contribution is -2.34. The minimum Gasteiger partial charge on any atom is -0.383 e. The SMILES string of the molecule is O=c1c2c(cc3n1Cc1cc4ccccc4nc1-3)[C@H](O)C(O)OC2. The molecule has 0 spiro atoms. The predicted molar refractivity (Wildman–Crippen MR) is 86.3 cm³/mol. The third kappa shape index (κ3) is 1.76. The summed E-state index contributed by atoms with van der Waals surface area (Å²) in [5, 5.41) is 20.9. The number of hydrogen-bond donors (Lipinski definition) is 2. The van der Waals surface area contributed by atoms with E-state index in [2.05, 4.69) is 0 Å². The van der Waals surface area contributed by atoms with E-state index in [9.17, 15) is 15.0 Å². The van der Waals surface area contributed by atoms with Crippen molar-refractivity contribution in [1.82, 2.24) is 9.55 Å². The summed E-state index contributed by atoms with van der Waals surface area (Å²) in [5.41, 5.74) is 3.88. The van der Waals surface area contributed by atoms with Crippen LogP contribution in [0.15, 0.2) is 41.2 Å². The average molecular weight is 322 g/mol. The van der Waals surface area contributed by atoms with Crippen molar-refractivity contribution in [3.63, 3.8) is 0 Å². The smallest absolute Gasteiger partial charge is 0.257 e. The van der Waals surface area contributed by atoms with Crippen molar-refractivity contribution in [3.8, 4) is 11.4 Å². The molecule has 0 saturated carbocycles. The molecule has 2 atom stereocenters. The van der Waals surface area contributed by atoms with E-state index in [1.54, 1.807) is 10.6 Å². The first-order chi connectivity index (χ1) is 11.6. The number of nitrogens with zero attached hydrogens (tertiary/aromatic N) is 2. The van der Waals surface area contributed by atoms with Crippen molar-refractivity contribution in [3.05, 3.63) is 63.4 Å². The molecule has 0 aliphatic carbocycles. The summed E-state index contributed by atoms with van der Waals surface area (Å²) in [5.74, 6) is 0. The third-order valence-corrected chi connectivity index (χ3v) is 4.80. The molecular weight excluding hydrogens is 308 g/mol. The molecule has 6 nitrogen and oxygen atoms in total. The summed E-state index contributed by atoms with van der Waals surface area (Å²) >= 11 is 0. The molecule has 0 radical (unpaired) electrons. The van der Waals surface area contributed by atoms with Crippen molar-refractivity contribution < 1.29 is 14.9 Å². The second-order valence-corrected chi connectivity index (χ2v) is 6.19. The molecule has 6 heteroatoms. The van der Waals surface area contributed by atoms with E-state index in [0.29, 0.717) is 23.4 Å². The standard InChI is InChI=1S/C18H14N2O4/c21-16-11-6-14-15-10(5-9-3-1-2-4-13(9)19-15)7-20(14)17(22)12(11)8-24-18(16)23/h1-6,16,18,21,23H,7-8H2/t16-,18?/m0/s1. The number of aliphatic hydroxyl groups is 2. The number of aromatic nitrogens is 2.